The summed E-state index contributed by atoms with van der Waals surface area (Å²) < 4.78 is 0. The molecule has 94 valence electrons. The first-order valence-electron chi connectivity index (χ1n) is 6.60. The van der Waals surface area contributed by atoms with Gasteiger partial charge in [0.1, 0.15) is 0 Å². The van der Waals surface area contributed by atoms with Gasteiger partial charge in [-0.25, -0.2) is 0 Å². The molecular weight excluding hydrogens is 210 g/mol. The van der Waals surface area contributed by atoms with Crippen LogP contribution in [-0.4, -0.2) is 23.0 Å². The van der Waals surface area contributed by atoms with Crippen molar-refractivity contribution in [3.8, 4) is 0 Å². The molecule has 0 radical (unpaired) electrons. The molecule has 2 N–H and O–H groups in total. The van der Waals surface area contributed by atoms with Crippen LogP contribution in [0.25, 0.3) is 0 Å². The van der Waals surface area contributed by atoms with Gasteiger partial charge >= 0.3 is 0 Å². The highest BCUT2D eigenvalue weighted by atomic mass is 15.2. The molecule has 0 spiro atoms. The highest BCUT2D eigenvalue weighted by Crippen LogP contribution is 2.37. The fourth-order valence-electron chi connectivity index (χ4n) is 2.80. The number of nitrogens with two attached hydrogens (primary N) is 1. The van der Waals surface area contributed by atoms with Crippen molar-refractivity contribution >= 4 is 5.69 Å². The van der Waals surface area contributed by atoms with Crippen molar-refractivity contribution in [2.24, 2.45) is 5.41 Å². The second-order valence-electron chi connectivity index (χ2n) is 5.25. The summed E-state index contributed by atoms with van der Waals surface area (Å²) in [6.07, 6.45) is 5.69. The fourth-order valence-corrected chi connectivity index (χ4v) is 2.80. The number of rotatable bonds is 4. The number of aromatic nitrogens is 1. The number of anilines is 1. The Kier molecular flexibility index (Phi) is 3.67. The van der Waals surface area contributed by atoms with Crippen molar-refractivity contribution in [3.05, 3.63) is 24.0 Å². The monoisotopic (exact) mass is 233 g/mol. The largest absolute Gasteiger partial charge is 0.399 e. The molecule has 0 amide bonds. The molecule has 1 fully saturated rings. The van der Waals surface area contributed by atoms with E-state index in [1.807, 2.05) is 12.1 Å². The molecular formula is C14H23N3. The molecule has 17 heavy (non-hydrogen) atoms. The lowest BCUT2D eigenvalue weighted by Crippen LogP contribution is -2.26. The first-order chi connectivity index (χ1) is 8.17. The highest BCUT2D eigenvalue weighted by molar-refractivity contribution is 5.37. The summed E-state index contributed by atoms with van der Waals surface area (Å²) in [7, 11) is 0. The quantitative estimate of drug-likeness (QED) is 0.869. The minimum absolute atomic E-state index is 0.542. The number of hydrogen-bond donors (Lipinski definition) is 1. The van der Waals surface area contributed by atoms with Crippen LogP contribution < -0.4 is 5.73 Å². The summed E-state index contributed by atoms with van der Waals surface area (Å²) in [6.45, 7) is 7.96. The lowest BCUT2D eigenvalue weighted by molar-refractivity contribution is 0.235. The summed E-state index contributed by atoms with van der Waals surface area (Å²) in [5, 5.41) is 0. The second-order valence-corrected chi connectivity index (χ2v) is 5.25. The molecule has 0 aliphatic carbocycles. The van der Waals surface area contributed by atoms with Gasteiger partial charge in [-0.05, 0) is 43.4 Å². The van der Waals surface area contributed by atoms with Crippen LogP contribution >= 0.6 is 0 Å². The van der Waals surface area contributed by atoms with E-state index in [4.69, 9.17) is 5.73 Å². The molecule has 2 heterocycles. The Morgan fingerprint density at radius 1 is 1.41 bits per heavy atom. The Bertz CT molecular complexity index is 371. The van der Waals surface area contributed by atoms with Crippen LogP contribution in [0.1, 0.15) is 38.8 Å². The molecule has 1 aromatic heterocycles. The minimum atomic E-state index is 0.542. The normalized spacial score (nSPS) is 19.6. The van der Waals surface area contributed by atoms with E-state index in [0.29, 0.717) is 5.41 Å². The first-order valence-corrected chi connectivity index (χ1v) is 6.60. The summed E-state index contributed by atoms with van der Waals surface area (Å²) in [5.41, 5.74) is 8.22. The average Bonchev–Trinajstić information content (AvgIpc) is 2.73. The van der Waals surface area contributed by atoms with Crippen molar-refractivity contribution < 1.29 is 0 Å². The molecule has 0 aromatic carbocycles. The van der Waals surface area contributed by atoms with Crippen molar-refractivity contribution in [2.75, 3.05) is 18.8 Å². The summed E-state index contributed by atoms with van der Waals surface area (Å²) in [6, 6.07) is 3.83. The summed E-state index contributed by atoms with van der Waals surface area (Å²) in [5.74, 6) is 0. The van der Waals surface area contributed by atoms with Gasteiger partial charge in [0.25, 0.3) is 0 Å². The second kappa shape index (κ2) is 5.05. The van der Waals surface area contributed by atoms with Crippen LogP contribution in [0.3, 0.4) is 0 Å². The van der Waals surface area contributed by atoms with Crippen molar-refractivity contribution in [1.82, 2.24) is 9.88 Å². The van der Waals surface area contributed by atoms with E-state index < -0.39 is 0 Å². The fraction of sp³-hybridized carbons (Fsp3) is 0.643. The number of hydrogen-bond acceptors (Lipinski definition) is 3. The minimum Gasteiger partial charge on any atom is -0.399 e. The SMILES string of the molecule is CCC1(CC)CCN(Cc2cc(N)ccn2)C1. The zero-order valence-corrected chi connectivity index (χ0v) is 10.9. The van der Waals surface area contributed by atoms with Gasteiger partial charge in [0.05, 0.1) is 5.69 Å². The Hall–Kier alpha value is -1.09. The molecule has 0 atom stereocenters. The standard InChI is InChI=1S/C14H23N3/c1-3-14(4-2)6-8-17(11-14)10-13-9-12(15)5-7-16-13/h5,7,9H,3-4,6,8,10-11H2,1-2H3,(H2,15,16). The first kappa shape index (κ1) is 12.4. The van der Waals surface area contributed by atoms with Gasteiger partial charge in [-0.15, -0.1) is 0 Å². The van der Waals surface area contributed by atoms with Crippen LogP contribution in [-0.2, 0) is 6.54 Å². The summed E-state index contributed by atoms with van der Waals surface area (Å²) in [4.78, 5) is 6.89. The van der Waals surface area contributed by atoms with Gasteiger partial charge < -0.3 is 5.73 Å². The van der Waals surface area contributed by atoms with Gasteiger partial charge in [-0.2, -0.15) is 0 Å². The van der Waals surface area contributed by atoms with Crippen LogP contribution in [0.4, 0.5) is 5.69 Å². The maximum absolute atomic E-state index is 5.78. The molecule has 1 aromatic rings. The van der Waals surface area contributed by atoms with E-state index in [9.17, 15) is 0 Å². The third-order valence-corrected chi connectivity index (χ3v) is 4.24. The number of nitrogens with zero attached hydrogens (tertiary/aromatic N) is 2. The van der Waals surface area contributed by atoms with Gasteiger partial charge in [0, 0.05) is 25.0 Å². The van der Waals surface area contributed by atoms with Gasteiger partial charge in [-0.3, -0.25) is 9.88 Å². The number of pyridine rings is 1. The highest BCUT2D eigenvalue weighted by Gasteiger charge is 2.34. The molecule has 1 aliphatic heterocycles. The molecule has 3 nitrogen and oxygen atoms in total. The third kappa shape index (κ3) is 2.78. The van der Waals surface area contributed by atoms with E-state index in [-0.39, 0.29) is 0 Å². The average molecular weight is 233 g/mol. The predicted octanol–water partition coefficient (Wildman–Crippen LogP) is 2.68. The van der Waals surface area contributed by atoms with Crippen molar-refractivity contribution in [1.29, 1.82) is 0 Å². The Morgan fingerprint density at radius 3 is 2.76 bits per heavy atom. The van der Waals surface area contributed by atoms with Gasteiger partial charge in [-0.1, -0.05) is 13.8 Å². The van der Waals surface area contributed by atoms with Gasteiger partial charge in [0.15, 0.2) is 0 Å². The Morgan fingerprint density at radius 2 is 2.18 bits per heavy atom. The van der Waals surface area contributed by atoms with E-state index >= 15 is 0 Å². The molecule has 2 rings (SSSR count). The Balaban J connectivity index is 1.98. The van der Waals surface area contributed by atoms with E-state index in [1.165, 1.54) is 32.4 Å². The molecule has 0 unspecified atom stereocenters. The predicted molar refractivity (Wildman–Crippen MR) is 71.6 cm³/mol. The van der Waals surface area contributed by atoms with Crippen molar-refractivity contribution in [2.45, 2.75) is 39.7 Å². The van der Waals surface area contributed by atoms with Crippen LogP contribution in [0.15, 0.2) is 18.3 Å². The van der Waals surface area contributed by atoms with E-state index in [1.54, 1.807) is 6.20 Å². The number of nitrogen functional groups attached to an aromatic ring is 1. The maximum Gasteiger partial charge on any atom is 0.0564 e. The van der Waals surface area contributed by atoms with Crippen LogP contribution in [0.2, 0.25) is 0 Å². The zero-order valence-electron chi connectivity index (χ0n) is 10.9. The molecule has 3 heteroatoms. The Labute approximate surface area is 104 Å². The molecule has 0 bridgehead atoms. The molecule has 1 aliphatic rings. The smallest absolute Gasteiger partial charge is 0.0564 e. The van der Waals surface area contributed by atoms with Crippen LogP contribution in [0, 0.1) is 5.41 Å². The van der Waals surface area contributed by atoms with Crippen LogP contribution in [0.5, 0.6) is 0 Å². The third-order valence-electron chi connectivity index (χ3n) is 4.24. The number of likely N-dealkylation sites (tertiary alicyclic amines) is 1. The maximum atomic E-state index is 5.78. The van der Waals surface area contributed by atoms with E-state index in [2.05, 4.69) is 23.7 Å². The lowest BCUT2D eigenvalue weighted by Gasteiger charge is -2.26. The summed E-state index contributed by atoms with van der Waals surface area (Å²) >= 11 is 0. The van der Waals surface area contributed by atoms with E-state index in [0.717, 1.165) is 17.9 Å². The zero-order chi connectivity index (χ0) is 12.3. The lowest BCUT2D eigenvalue weighted by atomic mass is 9.82. The van der Waals surface area contributed by atoms with Gasteiger partial charge in [0.2, 0.25) is 0 Å². The topological polar surface area (TPSA) is 42.1 Å². The molecule has 0 saturated carbocycles. The van der Waals surface area contributed by atoms with Crippen molar-refractivity contribution in [3.63, 3.8) is 0 Å². The molecule has 1 saturated heterocycles.